The van der Waals surface area contributed by atoms with E-state index in [0.717, 1.165) is 0 Å². The van der Waals surface area contributed by atoms with Crippen LogP contribution in [-0.4, -0.2) is 0 Å². The number of fused-ring (bicyclic) bond motifs is 21. The SMILES string of the molecule is C1=C2C=C3c4ccccc4-c4ccc(c2c4)-c2cccc[n+]2C1/C1=C\C24C5=CC67c8cc(ccc8-c8cccc[n+]8C36C7C2c2cc(ccc2-c2cccc(-c3ccccc3)[n+]24)-c2ccccc21)-c1ccccc15. The van der Waals surface area contributed by atoms with E-state index in [4.69, 9.17) is 0 Å². The number of nitrogens with zero attached hydrogens (tertiary/aromatic N) is 3. The topological polar surface area (TPSA) is 11.6 Å². The van der Waals surface area contributed by atoms with Crippen LogP contribution >= 0.6 is 0 Å². The zero-order valence-electron chi connectivity index (χ0n) is 40.2. The number of allylic oxidation sites excluding steroid dienone is 8. The van der Waals surface area contributed by atoms with Gasteiger partial charge in [0.25, 0.3) is 0 Å². The van der Waals surface area contributed by atoms with Crippen LogP contribution in [0.5, 0.6) is 0 Å². The Labute approximate surface area is 429 Å². The molecule has 1 saturated carbocycles. The van der Waals surface area contributed by atoms with Crippen LogP contribution in [0.3, 0.4) is 0 Å². The Bertz CT molecular complexity index is 4470. The van der Waals surface area contributed by atoms with Crippen molar-refractivity contribution in [2.75, 3.05) is 0 Å². The highest BCUT2D eigenvalue weighted by molar-refractivity contribution is 6.04. The Hall–Kier alpha value is -9.05. The number of hydrogen-bond acceptors (Lipinski definition) is 0. The Morgan fingerprint density at radius 1 is 0.392 bits per heavy atom. The smallest absolute Gasteiger partial charge is 0.187 e. The maximum absolute atomic E-state index is 2.89. The van der Waals surface area contributed by atoms with E-state index >= 15 is 0 Å². The van der Waals surface area contributed by atoms with E-state index in [2.05, 4.69) is 263 Å². The van der Waals surface area contributed by atoms with Gasteiger partial charge in [-0.3, -0.25) is 0 Å². The van der Waals surface area contributed by atoms with Gasteiger partial charge in [-0.2, -0.15) is 13.7 Å². The molecule has 3 aliphatic heterocycles. The molecule has 10 aromatic rings. The van der Waals surface area contributed by atoms with E-state index in [1.54, 1.807) is 0 Å². The molecule has 0 N–H and O–H groups in total. The van der Waals surface area contributed by atoms with Crippen molar-refractivity contribution in [3.8, 4) is 78.4 Å². The molecule has 3 aromatic heterocycles. The van der Waals surface area contributed by atoms with Gasteiger partial charge in [0.15, 0.2) is 12.4 Å². The molecule has 6 atom stereocenters. The standard InChI is InChI=1S/C71H44N3/c1-2-15-42(16-3-1)62-25-14-26-65-54-31-28-44-36-57(54)67-68-69-41-61-52-22-9-6-19-49(52)45-29-32-55(59(69)37-45)64-24-11-13-34-73(64)71(68,69)60-38-46-39-66(58(40-70(61,67)74(62)65)50-20-7-4-17-47(44)50)72-33-12-10-23-63(72)53-30-27-43(35-56(46)53)48-18-5-8-21-51(48)60/h1-41,66-68H/q+3/b58-40-,60-38?. The second-order valence-corrected chi connectivity index (χ2v) is 22.1. The Balaban J connectivity index is 1.13. The monoisotopic (exact) mass is 938 g/mol. The highest BCUT2D eigenvalue weighted by Crippen LogP contribution is 2.84. The van der Waals surface area contributed by atoms with E-state index in [0.29, 0.717) is 0 Å². The molecule has 3 nitrogen and oxygen atoms in total. The van der Waals surface area contributed by atoms with Crippen LogP contribution in [0.2, 0.25) is 0 Å². The van der Waals surface area contributed by atoms with E-state index < -0.39 is 16.5 Å². The summed E-state index contributed by atoms with van der Waals surface area (Å²) in [6.45, 7) is 0. The van der Waals surface area contributed by atoms with Gasteiger partial charge in [0.1, 0.15) is 0 Å². The molecule has 0 radical (unpaired) electrons. The average molecular weight is 939 g/mol. The van der Waals surface area contributed by atoms with Crippen LogP contribution in [0, 0.1) is 5.92 Å². The molecular formula is C71H44N3+3. The van der Waals surface area contributed by atoms with Gasteiger partial charge in [-0.05, 0) is 151 Å². The van der Waals surface area contributed by atoms with Gasteiger partial charge in [0.05, 0.1) is 33.9 Å². The molecule has 1 fully saturated rings. The third kappa shape index (κ3) is 4.20. The van der Waals surface area contributed by atoms with Gasteiger partial charge >= 0.3 is 0 Å². The minimum Gasteiger partial charge on any atom is -0.187 e. The first-order chi connectivity index (χ1) is 36.7. The maximum Gasteiger partial charge on any atom is 0.221 e. The van der Waals surface area contributed by atoms with Gasteiger partial charge < -0.3 is 0 Å². The van der Waals surface area contributed by atoms with Crippen LogP contribution in [0.25, 0.3) is 101 Å². The Kier molecular flexibility index (Phi) is 6.75. The Morgan fingerprint density at radius 3 is 1.82 bits per heavy atom. The highest BCUT2D eigenvalue weighted by Gasteiger charge is 2.93. The summed E-state index contributed by atoms with van der Waals surface area (Å²) in [7, 11) is 0. The first kappa shape index (κ1) is 38.6. The van der Waals surface area contributed by atoms with Gasteiger partial charge in [-0.25, -0.2) is 0 Å². The molecule has 2 spiro atoms. The summed E-state index contributed by atoms with van der Waals surface area (Å²) in [6.07, 6.45) is 15.9. The first-order valence-corrected chi connectivity index (χ1v) is 26.4. The van der Waals surface area contributed by atoms with Crippen molar-refractivity contribution in [1.29, 1.82) is 0 Å². The molecular weight excluding hydrogens is 895 g/mol. The van der Waals surface area contributed by atoms with Gasteiger partial charge in [-0.15, -0.1) is 0 Å². The number of hydrogen-bond donors (Lipinski definition) is 0. The summed E-state index contributed by atoms with van der Waals surface area (Å²) in [5.41, 5.74) is 29.1. The number of pyridine rings is 3. The van der Waals surface area contributed by atoms with E-state index in [1.807, 2.05) is 0 Å². The number of benzene rings is 7. The summed E-state index contributed by atoms with van der Waals surface area (Å²) in [6, 6.07) is 82.5. The minimum absolute atomic E-state index is 0.0427. The fraction of sp³-hybridized carbons (Fsp3) is 0.0845. The molecule has 7 aromatic carbocycles. The van der Waals surface area contributed by atoms with Gasteiger partial charge in [0, 0.05) is 64.8 Å². The molecule has 0 amide bonds. The fourth-order valence-electron chi connectivity index (χ4n) is 16.8. The maximum atomic E-state index is 2.89. The minimum atomic E-state index is -0.785. The zero-order valence-corrected chi connectivity index (χ0v) is 40.2. The highest BCUT2D eigenvalue weighted by atomic mass is 15.2. The molecule has 6 heterocycles. The van der Waals surface area contributed by atoms with Crippen LogP contribution in [0.1, 0.15) is 45.3 Å². The van der Waals surface area contributed by atoms with Crippen molar-refractivity contribution >= 4 is 22.3 Å². The van der Waals surface area contributed by atoms with Gasteiger partial charge in [0.2, 0.25) is 39.9 Å². The normalized spacial score (nSPS) is 25.3. The predicted molar refractivity (Wildman–Crippen MR) is 293 cm³/mol. The number of rotatable bonds is 1. The quantitative estimate of drug-likeness (QED) is 0.145. The van der Waals surface area contributed by atoms with Crippen LogP contribution < -0.4 is 13.7 Å². The molecule has 9 aliphatic rings. The lowest BCUT2D eigenvalue weighted by Gasteiger charge is -2.45. The van der Waals surface area contributed by atoms with Crippen molar-refractivity contribution in [3.63, 3.8) is 0 Å². The third-order valence-electron chi connectivity index (χ3n) is 19.3. The van der Waals surface area contributed by atoms with Crippen molar-refractivity contribution in [2.45, 2.75) is 28.5 Å². The molecule has 19 rings (SSSR count). The predicted octanol–water partition coefficient (Wildman–Crippen LogP) is 14.1. The summed E-state index contributed by atoms with van der Waals surface area (Å²) in [5.74, 6) is -0.0243. The van der Waals surface area contributed by atoms with Crippen molar-refractivity contribution in [1.82, 2.24) is 0 Å². The lowest BCUT2D eigenvalue weighted by molar-refractivity contribution is -0.732. The largest absolute Gasteiger partial charge is 0.221 e. The molecule has 340 valence electrons. The van der Waals surface area contributed by atoms with Crippen molar-refractivity contribution in [3.05, 3.63) is 282 Å². The van der Waals surface area contributed by atoms with E-state index in [9.17, 15) is 0 Å². The fourth-order valence-corrected chi connectivity index (χ4v) is 16.8. The summed E-state index contributed by atoms with van der Waals surface area (Å²) < 4.78 is 8.25. The first-order valence-electron chi connectivity index (χ1n) is 26.4. The van der Waals surface area contributed by atoms with Crippen LogP contribution in [0.4, 0.5) is 0 Å². The van der Waals surface area contributed by atoms with E-state index in [-0.39, 0.29) is 17.9 Å². The zero-order chi connectivity index (χ0) is 47.8. The lowest BCUT2D eigenvalue weighted by Crippen LogP contribution is -2.65. The summed E-state index contributed by atoms with van der Waals surface area (Å²) in [5, 5.41) is 0. The van der Waals surface area contributed by atoms with Crippen LogP contribution in [0.15, 0.2) is 249 Å². The molecule has 0 saturated heterocycles. The second-order valence-electron chi connectivity index (χ2n) is 22.1. The lowest BCUT2D eigenvalue weighted by atomic mass is 9.58. The third-order valence-corrected chi connectivity index (χ3v) is 19.3. The molecule has 74 heavy (non-hydrogen) atoms. The summed E-state index contributed by atoms with van der Waals surface area (Å²) in [4.78, 5) is 0. The van der Waals surface area contributed by atoms with Crippen LogP contribution in [-0.2, 0) is 16.5 Å². The molecule has 6 aliphatic carbocycles. The molecule has 6 unspecified atom stereocenters. The van der Waals surface area contributed by atoms with E-state index in [1.165, 1.54) is 134 Å². The molecule has 3 heteroatoms. The Morgan fingerprint density at radius 2 is 1.01 bits per heavy atom. The average Bonchev–Trinajstić information content (AvgIpc) is 4.26. The summed E-state index contributed by atoms with van der Waals surface area (Å²) >= 11 is 0. The molecule has 15 bridgehead atoms. The van der Waals surface area contributed by atoms with Gasteiger partial charge in [-0.1, -0.05) is 115 Å². The number of aromatic nitrogens is 3. The van der Waals surface area contributed by atoms with Crippen molar-refractivity contribution in [2.24, 2.45) is 5.92 Å². The second kappa shape index (κ2) is 12.9. The van der Waals surface area contributed by atoms with Crippen molar-refractivity contribution < 1.29 is 13.7 Å².